The van der Waals surface area contributed by atoms with E-state index in [4.69, 9.17) is 4.74 Å². The Balaban J connectivity index is 2.28. The number of hydrogen-bond acceptors (Lipinski definition) is 2. The van der Waals surface area contributed by atoms with Crippen molar-refractivity contribution in [1.82, 2.24) is 0 Å². The third-order valence-electron chi connectivity index (χ3n) is 3.30. The van der Waals surface area contributed by atoms with Crippen LogP contribution in [-0.2, 0) is 9.53 Å². The molecule has 2 atom stereocenters. The zero-order chi connectivity index (χ0) is 10.1. The molecule has 76 valence electrons. The van der Waals surface area contributed by atoms with Crippen LogP contribution in [0.3, 0.4) is 0 Å². The van der Waals surface area contributed by atoms with Gasteiger partial charge in [-0.2, -0.15) is 0 Å². The van der Waals surface area contributed by atoms with E-state index >= 15 is 0 Å². The van der Waals surface area contributed by atoms with Crippen molar-refractivity contribution in [3.63, 3.8) is 0 Å². The molecule has 2 heteroatoms. The van der Waals surface area contributed by atoms with Gasteiger partial charge in [0, 0.05) is 0 Å². The summed E-state index contributed by atoms with van der Waals surface area (Å²) in [4.78, 5) is 11.5. The van der Waals surface area contributed by atoms with Crippen LogP contribution >= 0.6 is 0 Å². The first-order chi connectivity index (χ1) is 6.74. The van der Waals surface area contributed by atoms with E-state index in [0.29, 0.717) is 5.92 Å². The average Bonchev–Trinajstić information content (AvgIpc) is 2.59. The summed E-state index contributed by atoms with van der Waals surface area (Å²) in [6, 6.07) is 0. The van der Waals surface area contributed by atoms with Crippen molar-refractivity contribution < 1.29 is 9.53 Å². The number of hydrogen-bond donors (Lipinski definition) is 0. The Kier molecular flexibility index (Phi) is 2.44. The van der Waals surface area contributed by atoms with Crippen LogP contribution in [0.25, 0.3) is 0 Å². The van der Waals surface area contributed by atoms with E-state index in [1.54, 1.807) is 0 Å². The van der Waals surface area contributed by atoms with Gasteiger partial charge in [0.1, 0.15) is 0 Å². The fourth-order valence-corrected chi connectivity index (χ4v) is 2.57. The van der Waals surface area contributed by atoms with Gasteiger partial charge in [0.2, 0.25) is 0 Å². The van der Waals surface area contributed by atoms with E-state index in [2.05, 4.69) is 13.0 Å². The Morgan fingerprint density at radius 1 is 1.57 bits per heavy atom. The minimum atomic E-state index is -0.109. The van der Waals surface area contributed by atoms with Gasteiger partial charge in [0.15, 0.2) is 0 Å². The molecule has 0 aromatic heterocycles. The molecule has 0 fully saturated rings. The van der Waals surface area contributed by atoms with Crippen LogP contribution in [-0.4, -0.2) is 13.1 Å². The lowest BCUT2D eigenvalue weighted by molar-refractivity contribution is -0.142. The van der Waals surface area contributed by atoms with Gasteiger partial charge in [-0.05, 0) is 30.8 Å². The highest BCUT2D eigenvalue weighted by atomic mass is 16.5. The molecule has 0 spiro atoms. The third kappa shape index (κ3) is 1.39. The summed E-state index contributed by atoms with van der Waals surface area (Å²) in [6.45, 7) is 2.21. The Labute approximate surface area is 84.6 Å². The summed E-state index contributed by atoms with van der Waals surface area (Å²) >= 11 is 0. The van der Waals surface area contributed by atoms with Crippen LogP contribution in [0.15, 0.2) is 23.3 Å². The number of esters is 1. The minimum Gasteiger partial charge on any atom is -0.468 e. The molecule has 2 aliphatic rings. The quantitative estimate of drug-likeness (QED) is 0.471. The van der Waals surface area contributed by atoms with E-state index in [0.717, 1.165) is 12.8 Å². The van der Waals surface area contributed by atoms with Gasteiger partial charge in [0.05, 0.1) is 13.0 Å². The first-order valence-corrected chi connectivity index (χ1v) is 5.20. The standard InChI is InChI=1S/C12H16O2/c1-8-6-7-9-4-3-5-10(11(8)9)12(13)14-2/h3,5,8,10H,4,6-7H2,1-2H3. The number of carbonyl (C=O) groups excluding carboxylic acids is 1. The lowest BCUT2D eigenvalue weighted by Crippen LogP contribution is -2.20. The molecule has 2 aliphatic carbocycles. The normalized spacial score (nSPS) is 30.4. The number of methoxy groups -OCH3 is 1. The second-order valence-corrected chi connectivity index (χ2v) is 4.13. The molecule has 0 saturated heterocycles. The van der Waals surface area contributed by atoms with Crippen LogP contribution in [0, 0.1) is 11.8 Å². The maximum Gasteiger partial charge on any atom is 0.316 e. The summed E-state index contributed by atoms with van der Waals surface area (Å²) in [6.07, 6.45) is 7.48. The maximum atomic E-state index is 11.5. The van der Waals surface area contributed by atoms with Crippen molar-refractivity contribution in [2.24, 2.45) is 11.8 Å². The number of ether oxygens (including phenoxy) is 1. The third-order valence-corrected chi connectivity index (χ3v) is 3.30. The molecule has 0 bridgehead atoms. The molecular weight excluding hydrogens is 176 g/mol. The van der Waals surface area contributed by atoms with Crippen LogP contribution in [0.1, 0.15) is 26.2 Å². The molecule has 0 aliphatic heterocycles. The Morgan fingerprint density at radius 3 is 3.07 bits per heavy atom. The summed E-state index contributed by atoms with van der Waals surface area (Å²) in [7, 11) is 1.46. The summed E-state index contributed by atoms with van der Waals surface area (Å²) in [5.41, 5.74) is 2.80. The molecule has 0 radical (unpaired) electrons. The average molecular weight is 192 g/mol. The van der Waals surface area contributed by atoms with Crippen molar-refractivity contribution >= 4 is 5.97 Å². The molecule has 2 unspecified atom stereocenters. The first-order valence-electron chi connectivity index (χ1n) is 5.20. The van der Waals surface area contributed by atoms with Crippen molar-refractivity contribution in [3.05, 3.63) is 23.3 Å². The first kappa shape index (κ1) is 9.50. The molecule has 2 nitrogen and oxygen atoms in total. The number of allylic oxidation sites excluding steroid dienone is 2. The topological polar surface area (TPSA) is 26.3 Å². The zero-order valence-corrected chi connectivity index (χ0v) is 8.75. The van der Waals surface area contributed by atoms with Crippen LogP contribution in [0.5, 0.6) is 0 Å². The molecular formula is C12H16O2. The van der Waals surface area contributed by atoms with Crippen LogP contribution in [0.2, 0.25) is 0 Å². The highest BCUT2D eigenvalue weighted by Gasteiger charge is 2.32. The fourth-order valence-electron chi connectivity index (χ4n) is 2.57. The van der Waals surface area contributed by atoms with E-state index in [-0.39, 0.29) is 11.9 Å². The highest BCUT2D eigenvalue weighted by molar-refractivity contribution is 5.79. The molecule has 0 amide bonds. The minimum absolute atomic E-state index is 0.0961. The van der Waals surface area contributed by atoms with E-state index in [1.807, 2.05) is 6.08 Å². The molecule has 2 rings (SSSR count). The predicted molar refractivity (Wildman–Crippen MR) is 54.7 cm³/mol. The van der Waals surface area contributed by atoms with Crippen LogP contribution in [0.4, 0.5) is 0 Å². The summed E-state index contributed by atoms with van der Waals surface area (Å²) in [5, 5.41) is 0. The molecule has 14 heavy (non-hydrogen) atoms. The number of rotatable bonds is 1. The maximum absolute atomic E-state index is 11.5. The molecule has 0 aromatic carbocycles. The highest BCUT2D eigenvalue weighted by Crippen LogP contribution is 2.41. The summed E-state index contributed by atoms with van der Waals surface area (Å²) in [5.74, 6) is 0.350. The van der Waals surface area contributed by atoms with E-state index < -0.39 is 0 Å². The van der Waals surface area contributed by atoms with Crippen LogP contribution < -0.4 is 0 Å². The largest absolute Gasteiger partial charge is 0.468 e. The monoisotopic (exact) mass is 192 g/mol. The van der Waals surface area contributed by atoms with Gasteiger partial charge in [-0.15, -0.1) is 0 Å². The van der Waals surface area contributed by atoms with Gasteiger partial charge >= 0.3 is 5.97 Å². The lowest BCUT2D eigenvalue weighted by Gasteiger charge is -2.21. The second-order valence-electron chi connectivity index (χ2n) is 4.13. The van der Waals surface area contributed by atoms with E-state index in [1.165, 1.54) is 24.7 Å². The van der Waals surface area contributed by atoms with Crippen molar-refractivity contribution in [2.75, 3.05) is 7.11 Å². The SMILES string of the molecule is COC(=O)C1C=CCC2=C1C(C)CC2. The van der Waals surface area contributed by atoms with E-state index in [9.17, 15) is 4.79 Å². The van der Waals surface area contributed by atoms with Crippen molar-refractivity contribution in [1.29, 1.82) is 0 Å². The van der Waals surface area contributed by atoms with Gasteiger partial charge in [0.25, 0.3) is 0 Å². The molecule has 0 saturated carbocycles. The fraction of sp³-hybridized carbons (Fsp3) is 0.583. The Morgan fingerprint density at radius 2 is 2.36 bits per heavy atom. The molecule has 0 heterocycles. The van der Waals surface area contributed by atoms with Gasteiger partial charge in [-0.1, -0.05) is 24.6 Å². The van der Waals surface area contributed by atoms with Crippen molar-refractivity contribution in [3.8, 4) is 0 Å². The van der Waals surface area contributed by atoms with Crippen molar-refractivity contribution in [2.45, 2.75) is 26.2 Å². The summed E-state index contributed by atoms with van der Waals surface area (Å²) < 4.78 is 4.82. The van der Waals surface area contributed by atoms with Gasteiger partial charge in [-0.3, -0.25) is 4.79 Å². The van der Waals surface area contributed by atoms with Gasteiger partial charge in [-0.25, -0.2) is 0 Å². The van der Waals surface area contributed by atoms with Gasteiger partial charge < -0.3 is 4.74 Å². The zero-order valence-electron chi connectivity index (χ0n) is 8.75. The number of carbonyl (C=O) groups is 1. The molecule has 0 aromatic rings. The Hall–Kier alpha value is -1.05. The molecule has 0 N–H and O–H groups in total. The predicted octanol–water partition coefficient (Wildman–Crippen LogP) is 2.46. The Bertz CT molecular complexity index is 312. The second kappa shape index (κ2) is 3.60. The lowest BCUT2D eigenvalue weighted by atomic mass is 9.85. The smallest absolute Gasteiger partial charge is 0.316 e.